The minimum Gasteiger partial charge on any atom is -0.269 e. The second-order valence-electron chi connectivity index (χ2n) is 4.46. The first kappa shape index (κ1) is 16.6. The van der Waals surface area contributed by atoms with Crippen molar-refractivity contribution in [2.75, 3.05) is 11.4 Å². The Bertz CT molecular complexity index is 770. The minimum atomic E-state index is -3.84. The van der Waals surface area contributed by atoms with Crippen molar-refractivity contribution < 1.29 is 8.42 Å². The van der Waals surface area contributed by atoms with Gasteiger partial charge in [0.25, 0.3) is 10.0 Å². The highest BCUT2D eigenvalue weighted by molar-refractivity contribution is 9.10. The highest BCUT2D eigenvalue weighted by Gasteiger charge is 2.28. The van der Waals surface area contributed by atoms with Gasteiger partial charge in [0.05, 0.1) is 15.7 Å². The van der Waals surface area contributed by atoms with Gasteiger partial charge < -0.3 is 0 Å². The quantitative estimate of drug-likeness (QED) is 0.724. The van der Waals surface area contributed by atoms with Crippen LogP contribution in [0.4, 0.5) is 5.69 Å². The average molecular weight is 409 g/mol. The standard InChI is InChI=1S/C14H12BrCl2NO2S/c1-9-5-3-4-6-13(9)18(2)21(19,20)14-11(16)7-10(15)8-12(14)17/h3-8H,1-2H3. The smallest absolute Gasteiger partial charge is 0.267 e. The van der Waals surface area contributed by atoms with Gasteiger partial charge in [-0.1, -0.05) is 57.3 Å². The molecule has 0 aliphatic rings. The molecule has 0 amide bonds. The summed E-state index contributed by atoms with van der Waals surface area (Å²) in [7, 11) is -2.37. The summed E-state index contributed by atoms with van der Waals surface area (Å²) in [6, 6.07) is 10.2. The van der Waals surface area contributed by atoms with Gasteiger partial charge in [0.15, 0.2) is 0 Å². The van der Waals surface area contributed by atoms with E-state index in [-0.39, 0.29) is 14.9 Å². The molecule has 0 N–H and O–H groups in total. The van der Waals surface area contributed by atoms with Crippen LogP contribution in [-0.4, -0.2) is 15.5 Å². The van der Waals surface area contributed by atoms with Crippen molar-refractivity contribution in [3.63, 3.8) is 0 Å². The Morgan fingerprint density at radius 1 is 1.10 bits per heavy atom. The number of nitrogens with zero attached hydrogens (tertiary/aromatic N) is 1. The predicted molar refractivity (Wildman–Crippen MR) is 90.9 cm³/mol. The third-order valence-corrected chi connectivity index (χ3v) is 6.19. The fourth-order valence-electron chi connectivity index (χ4n) is 1.96. The molecule has 0 heterocycles. The van der Waals surface area contributed by atoms with Crippen LogP contribution < -0.4 is 4.31 Å². The van der Waals surface area contributed by atoms with Crippen LogP contribution in [0.5, 0.6) is 0 Å². The normalized spacial score (nSPS) is 11.5. The van der Waals surface area contributed by atoms with E-state index in [4.69, 9.17) is 23.2 Å². The van der Waals surface area contributed by atoms with E-state index in [2.05, 4.69) is 15.9 Å². The van der Waals surface area contributed by atoms with E-state index in [1.54, 1.807) is 12.1 Å². The van der Waals surface area contributed by atoms with E-state index < -0.39 is 10.0 Å². The van der Waals surface area contributed by atoms with Crippen LogP contribution in [0.15, 0.2) is 45.8 Å². The van der Waals surface area contributed by atoms with Crippen LogP contribution in [-0.2, 0) is 10.0 Å². The van der Waals surface area contributed by atoms with Gasteiger partial charge in [0.2, 0.25) is 0 Å². The molecule has 0 saturated carbocycles. The fourth-order valence-corrected chi connectivity index (χ4v) is 5.10. The number of sulfonamides is 1. The molecule has 2 aromatic carbocycles. The molecule has 0 bridgehead atoms. The third-order valence-electron chi connectivity index (χ3n) is 3.04. The minimum absolute atomic E-state index is 0.0785. The summed E-state index contributed by atoms with van der Waals surface area (Å²) in [5.41, 5.74) is 1.42. The van der Waals surface area contributed by atoms with Crippen LogP contribution in [0.25, 0.3) is 0 Å². The summed E-state index contributed by atoms with van der Waals surface area (Å²) in [6.07, 6.45) is 0. The molecule has 112 valence electrons. The molecular formula is C14H12BrCl2NO2S. The number of halogens is 3. The number of anilines is 1. The lowest BCUT2D eigenvalue weighted by atomic mass is 10.2. The Kier molecular flexibility index (Phi) is 4.88. The molecule has 0 saturated heterocycles. The van der Waals surface area contributed by atoms with Gasteiger partial charge in [0, 0.05) is 11.5 Å². The molecule has 0 aliphatic carbocycles. The molecule has 0 spiro atoms. The van der Waals surface area contributed by atoms with Crippen LogP contribution >= 0.6 is 39.1 Å². The largest absolute Gasteiger partial charge is 0.269 e. The molecule has 0 atom stereocenters. The van der Waals surface area contributed by atoms with Gasteiger partial charge in [-0.2, -0.15) is 0 Å². The number of rotatable bonds is 3. The van der Waals surface area contributed by atoms with Gasteiger partial charge in [-0.15, -0.1) is 0 Å². The molecule has 0 radical (unpaired) electrons. The van der Waals surface area contributed by atoms with Crippen molar-refractivity contribution in [3.05, 3.63) is 56.5 Å². The Labute approximate surface area is 142 Å². The van der Waals surface area contributed by atoms with E-state index in [1.807, 2.05) is 19.1 Å². The van der Waals surface area contributed by atoms with Crippen LogP contribution in [0, 0.1) is 6.92 Å². The van der Waals surface area contributed by atoms with Crippen LogP contribution in [0.1, 0.15) is 5.56 Å². The molecule has 2 rings (SSSR count). The van der Waals surface area contributed by atoms with Crippen molar-refractivity contribution in [2.45, 2.75) is 11.8 Å². The maximum atomic E-state index is 12.8. The zero-order chi connectivity index (χ0) is 15.8. The first-order valence-electron chi connectivity index (χ1n) is 5.94. The van der Waals surface area contributed by atoms with Gasteiger partial charge in [-0.25, -0.2) is 8.42 Å². The number of aryl methyl sites for hydroxylation is 1. The molecule has 0 fully saturated rings. The maximum absolute atomic E-state index is 12.8. The van der Waals surface area contributed by atoms with Crippen molar-refractivity contribution in [1.29, 1.82) is 0 Å². The van der Waals surface area contributed by atoms with Crippen molar-refractivity contribution in [3.8, 4) is 0 Å². The Hall–Kier alpha value is -0.750. The Morgan fingerprint density at radius 2 is 1.62 bits per heavy atom. The molecule has 3 nitrogen and oxygen atoms in total. The van der Waals surface area contributed by atoms with Gasteiger partial charge >= 0.3 is 0 Å². The third kappa shape index (κ3) is 3.21. The van der Waals surface area contributed by atoms with E-state index in [9.17, 15) is 8.42 Å². The van der Waals surface area contributed by atoms with Gasteiger partial charge in [-0.3, -0.25) is 4.31 Å². The number of benzene rings is 2. The Balaban J connectivity index is 2.61. The second kappa shape index (κ2) is 6.16. The topological polar surface area (TPSA) is 37.4 Å². The summed E-state index contributed by atoms with van der Waals surface area (Å²) in [4.78, 5) is -0.0974. The molecule has 0 aromatic heterocycles. The second-order valence-corrected chi connectivity index (χ2v) is 8.09. The van der Waals surface area contributed by atoms with E-state index >= 15 is 0 Å². The SMILES string of the molecule is Cc1ccccc1N(C)S(=O)(=O)c1c(Cl)cc(Br)cc1Cl. The Morgan fingerprint density at radius 3 is 2.14 bits per heavy atom. The van der Waals surface area contributed by atoms with Crippen LogP contribution in [0.2, 0.25) is 10.0 Å². The first-order valence-corrected chi connectivity index (χ1v) is 8.93. The summed E-state index contributed by atoms with van der Waals surface area (Å²) in [5.74, 6) is 0. The summed E-state index contributed by atoms with van der Waals surface area (Å²) < 4.78 is 27.4. The summed E-state index contributed by atoms with van der Waals surface area (Å²) in [6.45, 7) is 1.84. The lowest BCUT2D eigenvalue weighted by Crippen LogP contribution is -2.27. The van der Waals surface area contributed by atoms with Crippen LogP contribution in [0.3, 0.4) is 0 Å². The monoisotopic (exact) mass is 407 g/mol. The maximum Gasteiger partial charge on any atom is 0.267 e. The lowest BCUT2D eigenvalue weighted by Gasteiger charge is -2.22. The number of hydrogen-bond donors (Lipinski definition) is 0. The molecular weight excluding hydrogens is 397 g/mol. The summed E-state index contributed by atoms with van der Waals surface area (Å²) >= 11 is 15.4. The molecule has 2 aromatic rings. The van der Waals surface area contributed by atoms with E-state index in [0.717, 1.165) is 5.56 Å². The number of para-hydroxylation sites is 1. The van der Waals surface area contributed by atoms with Gasteiger partial charge in [-0.05, 0) is 30.7 Å². The van der Waals surface area contributed by atoms with E-state index in [0.29, 0.717) is 10.2 Å². The lowest BCUT2D eigenvalue weighted by molar-refractivity contribution is 0.594. The zero-order valence-electron chi connectivity index (χ0n) is 11.3. The molecule has 21 heavy (non-hydrogen) atoms. The predicted octanol–water partition coefficient (Wildman–Crippen LogP) is 4.89. The molecule has 0 unspecified atom stereocenters. The average Bonchev–Trinajstić information content (AvgIpc) is 2.36. The van der Waals surface area contributed by atoms with Gasteiger partial charge in [0.1, 0.15) is 4.90 Å². The highest BCUT2D eigenvalue weighted by atomic mass is 79.9. The summed E-state index contributed by atoms with van der Waals surface area (Å²) in [5, 5.41) is 0.157. The molecule has 0 aliphatic heterocycles. The van der Waals surface area contributed by atoms with E-state index in [1.165, 1.54) is 23.5 Å². The highest BCUT2D eigenvalue weighted by Crippen LogP contribution is 2.36. The van der Waals surface area contributed by atoms with Crippen molar-refractivity contribution in [1.82, 2.24) is 0 Å². The zero-order valence-corrected chi connectivity index (χ0v) is 15.2. The number of hydrogen-bond acceptors (Lipinski definition) is 2. The first-order chi connectivity index (χ1) is 9.75. The molecule has 7 heteroatoms. The van der Waals surface area contributed by atoms with Crippen molar-refractivity contribution >= 4 is 54.8 Å². The van der Waals surface area contributed by atoms with Crippen molar-refractivity contribution in [2.24, 2.45) is 0 Å². The fraction of sp³-hybridized carbons (Fsp3) is 0.143.